The van der Waals surface area contributed by atoms with Crippen molar-refractivity contribution in [2.24, 2.45) is 0 Å². The van der Waals surface area contributed by atoms with Crippen molar-refractivity contribution in [1.29, 1.82) is 0 Å². The maximum atomic E-state index is 13.6. The van der Waals surface area contributed by atoms with Crippen LogP contribution in [0.2, 0.25) is 5.02 Å². The molecule has 0 spiro atoms. The van der Waals surface area contributed by atoms with E-state index >= 15 is 0 Å². The summed E-state index contributed by atoms with van der Waals surface area (Å²) in [5, 5.41) is 0.107. The Morgan fingerprint density at radius 2 is 2.06 bits per heavy atom. The van der Waals surface area contributed by atoms with Gasteiger partial charge < -0.3 is 4.98 Å². The third-order valence-corrected chi connectivity index (χ3v) is 2.60. The lowest BCUT2D eigenvalue weighted by Crippen LogP contribution is -1.93. The largest absolute Gasteiger partial charge is 0.343 e. The molecule has 0 fully saturated rings. The van der Waals surface area contributed by atoms with Gasteiger partial charge in [0.15, 0.2) is 10.5 Å². The van der Waals surface area contributed by atoms with Crippen LogP contribution in [0.4, 0.5) is 8.78 Å². The van der Waals surface area contributed by atoms with Crippen molar-refractivity contribution >= 4 is 23.8 Å². The van der Waals surface area contributed by atoms with Crippen LogP contribution in [0, 0.1) is 16.3 Å². The van der Waals surface area contributed by atoms with E-state index in [1.165, 1.54) is 18.5 Å². The van der Waals surface area contributed by atoms with Gasteiger partial charge in [-0.05, 0) is 18.2 Å². The molecule has 0 unspecified atom stereocenters. The molecular formula is C10H5ClF2N2S. The molecular weight excluding hydrogens is 254 g/mol. The van der Waals surface area contributed by atoms with Gasteiger partial charge in [-0.15, -0.1) is 0 Å². The van der Waals surface area contributed by atoms with Crippen molar-refractivity contribution in [1.82, 2.24) is 9.97 Å². The normalized spacial score (nSPS) is 10.4. The molecule has 6 heteroatoms. The second-order valence-corrected chi connectivity index (χ2v) is 3.81. The van der Waals surface area contributed by atoms with Gasteiger partial charge >= 0.3 is 0 Å². The smallest absolute Gasteiger partial charge is 0.183 e. The number of hydrogen-bond acceptors (Lipinski definition) is 2. The molecule has 1 aromatic carbocycles. The van der Waals surface area contributed by atoms with E-state index in [-0.39, 0.29) is 15.4 Å². The second kappa shape index (κ2) is 4.27. The zero-order chi connectivity index (χ0) is 11.7. The van der Waals surface area contributed by atoms with Crippen molar-refractivity contribution in [3.05, 3.63) is 45.8 Å². The third kappa shape index (κ3) is 1.96. The average molecular weight is 259 g/mol. The predicted octanol–water partition coefficient (Wildman–Crippen LogP) is 3.74. The molecule has 1 N–H and O–H groups in total. The lowest BCUT2D eigenvalue weighted by molar-refractivity contribution is 0.612. The van der Waals surface area contributed by atoms with Crippen molar-refractivity contribution in [3.8, 4) is 11.3 Å². The van der Waals surface area contributed by atoms with Gasteiger partial charge in [0.05, 0.1) is 17.0 Å². The standard InChI is InChI=1S/C10H5ClF2N2S/c11-7-3-5(12)1-2-6(7)9-8(13)10(16)15-4-14-9/h1-4H,(H,14,15,16). The topological polar surface area (TPSA) is 28.7 Å². The van der Waals surface area contributed by atoms with Crippen LogP contribution in [0.1, 0.15) is 0 Å². The fraction of sp³-hybridized carbons (Fsp3) is 0. The quantitative estimate of drug-likeness (QED) is 0.790. The molecule has 2 aromatic rings. The van der Waals surface area contributed by atoms with Gasteiger partial charge in [0, 0.05) is 5.56 Å². The minimum Gasteiger partial charge on any atom is -0.343 e. The van der Waals surface area contributed by atoms with Gasteiger partial charge in [-0.2, -0.15) is 0 Å². The Bertz CT molecular complexity index is 598. The molecule has 0 amide bonds. The van der Waals surface area contributed by atoms with Crippen LogP contribution < -0.4 is 0 Å². The fourth-order valence-electron chi connectivity index (χ4n) is 1.27. The summed E-state index contributed by atoms with van der Waals surface area (Å²) in [5.74, 6) is -1.16. The Hall–Kier alpha value is -1.33. The molecule has 82 valence electrons. The summed E-state index contributed by atoms with van der Waals surface area (Å²) >= 11 is 10.5. The molecule has 0 bridgehead atoms. The Kier molecular flexibility index (Phi) is 2.98. The van der Waals surface area contributed by atoms with Crippen molar-refractivity contribution < 1.29 is 8.78 Å². The highest BCUT2D eigenvalue weighted by Crippen LogP contribution is 2.28. The van der Waals surface area contributed by atoms with Gasteiger partial charge in [-0.3, -0.25) is 0 Å². The predicted molar refractivity (Wildman–Crippen MR) is 59.8 cm³/mol. The Morgan fingerprint density at radius 3 is 2.75 bits per heavy atom. The summed E-state index contributed by atoms with van der Waals surface area (Å²) in [4.78, 5) is 6.17. The average Bonchev–Trinajstić information content (AvgIpc) is 2.23. The van der Waals surface area contributed by atoms with Crippen LogP contribution in [-0.4, -0.2) is 9.97 Å². The first-order valence-electron chi connectivity index (χ1n) is 4.28. The molecule has 0 atom stereocenters. The van der Waals surface area contributed by atoms with E-state index in [4.69, 9.17) is 11.6 Å². The molecule has 1 heterocycles. The van der Waals surface area contributed by atoms with Crippen LogP contribution >= 0.6 is 23.8 Å². The van der Waals surface area contributed by atoms with Crippen LogP contribution in [0.25, 0.3) is 11.3 Å². The minimum absolute atomic E-state index is 0.102. The molecule has 0 radical (unpaired) electrons. The number of nitrogens with zero attached hydrogens (tertiary/aromatic N) is 1. The number of aromatic nitrogens is 2. The number of halogens is 3. The van der Waals surface area contributed by atoms with E-state index in [2.05, 4.69) is 22.2 Å². The van der Waals surface area contributed by atoms with Crippen molar-refractivity contribution in [3.63, 3.8) is 0 Å². The summed E-state index contributed by atoms with van der Waals surface area (Å²) in [5.41, 5.74) is 0.444. The second-order valence-electron chi connectivity index (χ2n) is 3.02. The zero-order valence-corrected chi connectivity index (χ0v) is 9.37. The van der Waals surface area contributed by atoms with Crippen LogP contribution in [0.15, 0.2) is 24.5 Å². The highest BCUT2D eigenvalue weighted by atomic mass is 35.5. The summed E-state index contributed by atoms with van der Waals surface area (Å²) < 4.78 is 26.3. The first kappa shape index (κ1) is 11.2. The van der Waals surface area contributed by atoms with Crippen LogP contribution in [-0.2, 0) is 0 Å². The number of benzene rings is 1. The van der Waals surface area contributed by atoms with Crippen LogP contribution in [0.3, 0.4) is 0 Å². The maximum Gasteiger partial charge on any atom is 0.183 e. The van der Waals surface area contributed by atoms with E-state index < -0.39 is 11.6 Å². The summed E-state index contributed by atoms with van der Waals surface area (Å²) in [6, 6.07) is 3.67. The summed E-state index contributed by atoms with van der Waals surface area (Å²) in [7, 11) is 0. The van der Waals surface area contributed by atoms with Crippen molar-refractivity contribution in [2.75, 3.05) is 0 Å². The molecule has 0 aliphatic rings. The number of rotatable bonds is 1. The lowest BCUT2D eigenvalue weighted by atomic mass is 10.1. The summed E-state index contributed by atoms with van der Waals surface area (Å²) in [6.45, 7) is 0. The van der Waals surface area contributed by atoms with Gasteiger partial charge in [-0.25, -0.2) is 13.8 Å². The number of aromatic amines is 1. The van der Waals surface area contributed by atoms with Crippen LogP contribution in [0.5, 0.6) is 0 Å². The van der Waals surface area contributed by atoms with E-state index in [0.29, 0.717) is 5.56 Å². The van der Waals surface area contributed by atoms with Gasteiger partial charge in [0.1, 0.15) is 5.82 Å². The highest BCUT2D eigenvalue weighted by molar-refractivity contribution is 7.71. The van der Waals surface area contributed by atoms with E-state index in [0.717, 1.165) is 6.07 Å². The molecule has 2 rings (SSSR count). The van der Waals surface area contributed by atoms with Gasteiger partial charge in [0.2, 0.25) is 0 Å². The van der Waals surface area contributed by atoms with Gasteiger partial charge in [-0.1, -0.05) is 23.8 Å². The van der Waals surface area contributed by atoms with Gasteiger partial charge in [0.25, 0.3) is 0 Å². The van der Waals surface area contributed by atoms with E-state index in [1.807, 2.05) is 0 Å². The number of nitrogens with one attached hydrogen (secondary N) is 1. The Balaban J connectivity index is 2.68. The molecule has 1 aromatic heterocycles. The van der Waals surface area contributed by atoms with E-state index in [1.54, 1.807) is 0 Å². The molecule has 0 aliphatic heterocycles. The zero-order valence-electron chi connectivity index (χ0n) is 7.80. The summed E-state index contributed by atoms with van der Waals surface area (Å²) in [6.07, 6.45) is 1.26. The Labute approximate surface area is 99.9 Å². The molecule has 0 aliphatic carbocycles. The SMILES string of the molecule is Fc1ccc(-c2[nH]cnc(=S)c2F)c(Cl)c1. The highest BCUT2D eigenvalue weighted by Gasteiger charge is 2.11. The van der Waals surface area contributed by atoms with E-state index in [9.17, 15) is 8.78 Å². The maximum absolute atomic E-state index is 13.6. The lowest BCUT2D eigenvalue weighted by Gasteiger charge is -2.05. The Morgan fingerprint density at radius 1 is 1.31 bits per heavy atom. The fourth-order valence-corrected chi connectivity index (χ4v) is 1.69. The molecule has 16 heavy (non-hydrogen) atoms. The first-order chi connectivity index (χ1) is 7.59. The minimum atomic E-state index is -0.675. The number of H-pyrrole nitrogens is 1. The third-order valence-electron chi connectivity index (χ3n) is 2.00. The molecule has 0 saturated carbocycles. The number of hydrogen-bond donors (Lipinski definition) is 1. The molecule has 0 saturated heterocycles. The van der Waals surface area contributed by atoms with Crippen molar-refractivity contribution in [2.45, 2.75) is 0 Å². The molecule has 2 nitrogen and oxygen atoms in total. The first-order valence-corrected chi connectivity index (χ1v) is 5.07. The monoisotopic (exact) mass is 258 g/mol.